The van der Waals surface area contributed by atoms with Crippen LogP contribution in [0, 0.1) is 6.92 Å². The molecule has 210 valence electrons. The van der Waals surface area contributed by atoms with Crippen LogP contribution in [0.1, 0.15) is 36.3 Å². The van der Waals surface area contributed by atoms with Gasteiger partial charge in [-0.2, -0.15) is 4.68 Å². The minimum atomic E-state index is -0.628. The van der Waals surface area contributed by atoms with Crippen molar-refractivity contribution in [2.24, 2.45) is 4.99 Å². The molecule has 4 aromatic rings. The summed E-state index contributed by atoms with van der Waals surface area (Å²) in [6.07, 6.45) is 0.385. The number of nitrogens with one attached hydrogen (secondary N) is 1. The largest absolute Gasteiger partial charge is 0.326 e. The number of anilines is 1. The maximum Gasteiger partial charge on any atom is 0.242 e. The third-order valence-electron chi connectivity index (χ3n) is 6.54. The number of aliphatic imine (C=N–C) groups is 1. The van der Waals surface area contributed by atoms with Crippen molar-refractivity contribution in [3.05, 3.63) is 99.8 Å². The summed E-state index contributed by atoms with van der Waals surface area (Å²) >= 11 is 13.8. The fourth-order valence-corrected chi connectivity index (χ4v) is 6.19. The lowest BCUT2D eigenvalue weighted by Gasteiger charge is -2.18. The Hall–Kier alpha value is -3.73. The van der Waals surface area contributed by atoms with Gasteiger partial charge < -0.3 is 5.32 Å². The van der Waals surface area contributed by atoms with Crippen molar-refractivity contribution < 1.29 is 9.59 Å². The van der Waals surface area contributed by atoms with Crippen LogP contribution in [0.4, 0.5) is 5.69 Å². The number of hydrogen-bond donors (Lipinski definition) is 1. The number of rotatable bonds is 9. The molecule has 12 heteroatoms. The molecule has 1 aliphatic heterocycles. The predicted octanol–water partition coefficient (Wildman–Crippen LogP) is 5.91. The van der Waals surface area contributed by atoms with E-state index in [0.717, 1.165) is 16.8 Å². The number of nitrogens with zero attached hydrogens (tertiary/aromatic N) is 6. The fourth-order valence-electron chi connectivity index (χ4n) is 4.38. The molecule has 0 aliphatic carbocycles. The van der Waals surface area contributed by atoms with E-state index in [1.165, 1.54) is 11.8 Å². The molecule has 5 rings (SSSR count). The molecule has 1 aliphatic rings. The minimum absolute atomic E-state index is 0.00469. The SMILES string of the molecule is Cc1ccc(NC(=O)CC2SC(=NC(C)c3ccc(Cl)cc3Cl)N(CCc3nnnn3-c3ccccc3)C2=O)cc1. The van der Waals surface area contributed by atoms with Crippen LogP contribution in [0.3, 0.4) is 0 Å². The van der Waals surface area contributed by atoms with E-state index < -0.39 is 5.25 Å². The quantitative estimate of drug-likeness (QED) is 0.253. The van der Waals surface area contributed by atoms with Crippen molar-refractivity contribution in [2.75, 3.05) is 11.9 Å². The first-order chi connectivity index (χ1) is 19.8. The van der Waals surface area contributed by atoms with Crippen LogP contribution in [0.2, 0.25) is 10.0 Å². The molecule has 1 saturated heterocycles. The van der Waals surface area contributed by atoms with E-state index in [4.69, 9.17) is 28.2 Å². The van der Waals surface area contributed by atoms with E-state index in [2.05, 4.69) is 20.8 Å². The molecule has 0 saturated carbocycles. The van der Waals surface area contributed by atoms with Crippen LogP contribution in [0.15, 0.2) is 77.8 Å². The summed E-state index contributed by atoms with van der Waals surface area (Å²) in [7, 11) is 0. The predicted molar refractivity (Wildman–Crippen MR) is 163 cm³/mol. The number of carbonyl (C=O) groups excluding carboxylic acids is 2. The number of aryl methyl sites for hydroxylation is 1. The van der Waals surface area contributed by atoms with Crippen LogP contribution >= 0.6 is 35.0 Å². The highest BCUT2D eigenvalue weighted by Crippen LogP contribution is 2.34. The van der Waals surface area contributed by atoms with E-state index in [0.29, 0.717) is 33.1 Å². The fraction of sp³-hybridized carbons (Fsp3) is 0.241. The zero-order valence-electron chi connectivity index (χ0n) is 22.4. The zero-order valence-corrected chi connectivity index (χ0v) is 24.7. The molecule has 0 spiro atoms. The molecule has 2 unspecified atom stereocenters. The molecular formula is C29H27Cl2N7O2S. The van der Waals surface area contributed by atoms with E-state index >= 15 is 0 Å². The number of tetrazole rings is 1. The van der Waals surface area contributed by atoms with Crippen molar-refractivity contribution >= 4 is 57.6 Å². The maximum atomic E-state index is 13.6. The molecular weight excluding hydrogens is 581 g/mol. The third-order valence-corrected chi connectivity index (χ3v) is 8.29. The van der Waals surface area contributed by atoms with Gasteiger partial charge in [0.25, 0.3) is 0 Å². The summed E-state index contributed by atoms with van der Waals surface area (Å²) in [6, 6.07) is 21.9. The lowest BCUT2D eigenvalue weighted by atomic mass is 10.1. The van der Waals surface area contributed by atoms with E-state index in [1.807, 2.05) is 74.5 Å². The van der Waals surface area contributed by atoms with E-state index in [-0.39, 0.29) is 30.8 Å². The van der Waals surface area contributed by atoms with Gasteiger partial charge in [-0.25, -0.2) is 0 Å². The summed E-state index contributed by atoms with van der Waals surface area (Å²) in [5.74, 6) is 0.159. The second kappa shape index (κ2) is 12.8. The first kappa shape index (κ1) is 28.8. The smallest absolute Gasteiger partial charge is 0.242 e. The topological polar surface area (TPSA) is 105 Å². The van der Waals surface area contributed by atoms with Crippen molar-refractivity contribution in [1.29, 1.82) is 0 Å². The lowest BCUT2D eigenvalue weighted by molar-refractivity contribution is -0.128. The van der Waals surface area contributed by atoms with Gasteiger partial charge in [0, 0.05) is 35.1 Å². The number of amidine groups is 1. The van der Waals surface area contributed by atoms with Crippen molar-refractivity contribution in [1.82, 2.24) is 25.1 Å². The Morgan fingerprint density at radius 1 is 1.10 bits per heavy atom. The second-order valence-electron chi connectivity index (χ2n) is 9.56. The Kier molecular flexibility index (Phi) is 9.02. The van der Waals surface area contributed by atoms with Crippen molar-refractivity contribution in [3.63, 3.8) is 0 Å². The number of benzene rings is 3. The minimum Gasteiger partial charge on any atom is -0.326 e. The Labute approximate surface area is 251 Å². The number of aromatic nitrogens is 4. The van der Waals surface area contributed by atoms with Crippen LogP contribution in [-0.4, -0.2) is 53.9 Å². The molecule has 1 aromatic heterocycles. The summed E-state index contributed by atoms with van der Waals surface area (Å²) in [6.45, 7) is 4.17. The van der Waals surface area contributed by atoms with Gasteiger partial charge >= 0.3 is 0 Å². The van der Waals surface area contributed by atoms with Crippen LogP contribution in [-0.2, 0) is 16.0 Å². The number of hydrogen-bond acceptors (Lipinski definition) is 7. The third kappa shape index (κ3) is 6.95. The highest BCUT2D eigenvalue weighted by atomic mass is 35.5. The molecule has 2 heterocycles. The second-order valence-corrected chi connectivity index (χ2v) is 11.6. The average Bonchev–Trinajstić information content (AvgIpc) is 3.53. The number of carbonyl (C=O) groups is 2. The van der Waals surface area contributed by atoms with Gasteiger partial charge in [0.1, 0.15) is 5.25 Å². The van der Waals surface area contributed by atoms with Crippen LogP contribution in [0.25, 0.3) is 5.69 Å². The normalized spacial score (nSPS) is 16.8. The average molecular weight is 609 g/mol. The van der Waals surface area contributed by atoms with Gasteiger partial charge in [-0.05, 0) is 66.2 Å². The summed E-state index contributed by atoms with van der Waals surface area (Å²) in [5, 5.41) is 15.9. The molecule has 3 aromatic carbocycles. The van der Waals surface area contributed by atoms with Gasteiger partial charge in [0.15, 0.2) is 11.0 Å². The number of thioether (sulfide) groups is 1. The first-order valence-corrected chi connectivity index (χ1v) is 14.6. The number of para-hydroxylation sites is 1. The Bertz CT molecular complexity index is 1580. The molecule has 41 heavy (non-hydrogen) atoms. The summed E-state index contributed by atoms with van der Waals surface area (Å²) in [5.41, 5.74) is 3.38. The highest BCUT2D eigenvalue weighted by Gasteiger charge is 2.39. The standard InChI is InChI=1S/C29H27Cl2N7O2S/c1-18-8-11-21(12-9-18)33-27(39)17-25-28(40)37(15-14-26-34-35-36-38(26)22-6-4-3-5-7-22)29(41-25)32-19(2)23-13-10-20(30)16-24(23)31/h3-13,16,19,25H,14-15,17H2,1-2H3,(H,33,39). The lowest BCUT2D eigenvalue weighted by Crippen LogP contribution is -2.35. The van der Waals surface area contributed by atoms with E-state index in [1.54, 1.807) is 21.7 Å². The van der Waals surface area contributed by atoms with E-state index in [9.17, 15) is 9.59 Å². The molecule has 1 N–H and O–H groups in total. The molecule has 2 amide bonds. The number of halogens is 2. The number of amides is 2. The molecule has 2 atom stereocenters. The molecule has 0 bridgehead atoms. The van der Waals surface area contributed by atoms with Gasteiger partial charge in [0.2, 0.25) is 11.8 Å². The Morgan fingerprint density at radius 2 is 1.85 bits per heavy atom. The molecule has 1 fully saturated rings. The molecule has 0 radical (unpaired) electrons. The van der Waals surface area contributed by atoms with Gasteiger partial charge in [-0.3, -0.25) is 19.5 Å². The van der Waals surface area contributed by atoms with Crippen molar-refractivity contribution in [3.8, 4) is 5.69 Å². The first-order valence-electron chi connectivity index (χ1n) is 13.0. The Balaban J connectivity index is 1.36. The maximum absolute atomic E-state index is 13.6. The monoisotopic (exact) mass is 607 g/mol. The zero-order chi connectivity index (χ0) is 28.9. The van der Waals surface area contributed by atoms with Gasteiger partial charge in [-0.15, -0.1) is 5.10 Å². The summed E-state index contributed by atoms with van der Waals surface area (Å²) < 4.78 is 1.65. The summed E-state index contributed by atoms with van der Waals surface area (Å²) in [4.78, 5) is 33.0. The Morgan fingerprint density at radius 3 is 2.59 bits per heavy atom. The molecule has 9 nitrogen and oxygen atoms in total. The van der Waals surface area contributed by atoms with Crippen LogP contribution in [0.5, 0.6) is 0 Å². The highest BCUT2D eigenvalue weighted by molar-refractivity contribution is 8.15. The van der Waals surface area contributed by atoms with Crippen molar-refractivity contribution in [2.45, 2.75) is 38.0 Å². The van der Waals surface area contributed by atoms with Gasteiger partial charge in [0.05, 0.1) is 11.7 Å². The van der Waals surface area contributed by atoms with Crippen LogP contribution < -0.4 is 5.32 Å². The van der Waals surface area contributed by atoms with Gasteiger partial charge in [-0.1, -0.05) is 76.9 Å².